The number of esters is 2. The molecule has 0 aromatic heterocycles. The van der Waals surface area contributed by atoms with Gasteiger partial charge in [-0.25, -0.2) is 0 Å². The first-order valence-electron chi connectivity index (χ1n) is 12.4. The predicted molar refractivity (Wildman–Crippen MR) is 135 cm³/mol. The minimum absolute atomic E-state index is 0.112. The quantitative estimate of drug-likeness (QED) is 0.426. The Morgan fingerprint density at radius 1 is 0.857 bits per heavy atom. The van der Waals surface area contributed by atoms with E-state index < -0.39 is 0 Å². The molecule has 0 radical (unpaired) electrons. The average molecular weight is 483 g/mol. The van der Waals surface area contributed by atoms with Crippen LogP contribution in [0, 0.1) is 0 Å². The molecular weight excluding hydrogens is 444 g/mol. The summed E-state index contributed by atoms with van der Waals surface area (Å²) in [6.45, 7) is 6.87. The third kappa shape index (κ3) is 7.88. The molecule has 2 aromatic carbocycles. The topological polar surface area (TPSA) is 68.3 Å². The van der Waals surface area contributed by atoms with Gasteiger partial charge >= 0.3 is 11.9 Å². The Morgan fingerprint density at radius 3 is 1.86 bits per heavy atom. The SMILES string of the molecule is CCOC(=O)C[C@@H]1CN(Cc2ccccc2)C[C@H](CC(=O)OCC)N1[C@H](COC)c1ccccc1. The highest BCUT2D eigenvalue weighted by atomic mass is 16.5. The fourth-order valence-electron chi connectivity index (χ4n) is 4.99. The molecule has 1 saturated heterocycles. The maximum absolute atomic E-state index is 12.7. The van der Waals surface area contributed by atoms with Crippen LogP contribution in [0.3, 0.4) is 0 Å². The molecule has 35 heavy (non-hydrogen) atoms. The van der Waals surface area contributed by atoms with Gasteiger partial charge in [-0.15, -0.1) is 0 Å². The van der Waals surface area contributed by atoms with E-state index >= 15 is 0 Å². The first-order valence-corrected chi connectivity index (χ1v) is 12.4. The number of hydrogen-bond donors (Lipinski definition) is 0. The highest BCUT2D eigenvalue weighted by molar-refractivity contribution is 5.71. The molecule has 1 aliphatic heterocycles. The van der Waals surface area contributed by atoms with Gasteiger partial charge in [0.05, 0.1) is 38.7 Å². The number of nitrogens with zero attached hydrogens (tertiary/aromatic N) is 2. The van der Waals surface area contributed by atoms with Gasteiger partial charge in [-0.1, -0.05) is 60.7 Å². The summed E-state index contributed by atoms with van der Waals surface area (Å²) >= 11 is 0. The number of carbonyl (C=O) groups excluding carboxylic acids is 2. The van der Waals surface area contributed by atoms with Gasteiger partial charge in [0.2, 0.25) is 0 Å². The maximum atomic E-state index is 12.7. The Kier molecular flexibility index (Phi) is 10.7. The van der Waals surface area contributed by atoms with Crippen LogP contribution in [0.5, 0.6) is 0 Å². The first-order chi connectivity index (χ1) is 17.0. The molecule has 7 nitrogen and oxygen atoms in total. The fraction of sp³-hybridized carbons (Fsp3) is 0.500. The van der Waals surface area contributed by atoms with Gasteiger partial charge < -0.3 is 14.2 Å². The van der Waals surface area contributed by atoms with Crippen LogP contribution >= 0.6 is 0 Å². The minimum Gasteiger partial charge on any atom is -0.466 e. The smallest absolute Gasteiger partial charge is 0.307 e. The van der Waals surface area contributed by atoms with E-state index in [2.05, 4.69) is 34.1 Å². The van der Waals surface area contributed by atoms with Crippen LogP contribution in [0.1, 0.15) is 43.9 Å². The Hall–Kier alpha value is -2.74. The van der Waals surface area contributed by atoms with Crippen molar-refractivity contribution < 1.29 is 23.8 Å². The van der Waals surface area contributed by atoms with Crippen molar-refractivity contribution in [3.05, 3.63) is 71.8 Å². The van der Waals surface area contributed by atoms with Crippen molar-refractivity contribution >= 4 is 11.9 Å². The Morgan fingerprint density at radius 2 is 1.37 bits per heavy atom. The number of benzene rings is 2. The van der Waals surface area contributed by atoms with E-state index in [1.165, 1.54) is 5.56 Å². The maximum Gasteiger partial charge on any atom is 0.307 e. The zero-order valence-electron chi connectivity index (χ0n) is 21.1. The van der Waals surface area contributed by atoms with Crippen molar-refractivity contribution in [1.82, 2.24) is 9.80 Å². The van der Waals surface area contributed by atoms with Crippen molar-refractivity contribution in [2.45, 2.75) is 51.4 Å². The van der Waals surface area contributed by atoms with E-state index in [-0.39, 0.29) is 42.9 Å². The van der Waals surface area contributed by atoms with Crippen molar-refractivity contribution in [2.75, 3.05) is 40.0 Å². The fourth-order valence-corrected chi connectivity index (χ4v) is 4.99. The van der Waals surface area contributed by atoms with E-state index in [9.17, 15) is 9.59 Å². The number of ether oxygens (including phenoxy) is 3. The van der Waals surface area contributed by atoms with Crippen LogP contribution in [0.15, 0.2) is 60.7 Å². The van der Waals surface area contributed by atoms with Gasteiger partial charge in [-0.3, -0.25) is 19.4 Å². The lowest BCUT2D eigenvalue weighted by Gasteiger charge is -2.50. The lowest BCUT2D eigenvalue weighted by atomic mass is 9.94. The van der Waals surface area contributed by atoms with Crippen molar-refractivity contribution in [3.8, 4) is 0 Å². The summed E-state index contributed by atoms with van der Waals surface area (Å²) in [6, 6.07) is 20.0. The predicted octanol–water partition coefficient (Wildman–Crippen LogP) is 3.84. The zero-order valence-corrected chi connectivity index (χ0v) is 21.1. The summed E-state index contributed by atoms with van der Waals surface area (Å²) in [5, 5.41) is 0. The third-order valence-electron chi connectivity index (χ3n) is 6.31. The summed E-state index contributed by atoms with van der Waals surface area (Å²) in [5.74, 6) is -0.466. The summed E-state index contributed by atoms with van der Waals surface area (Å²) in [4.78, 5) is 30.0. The molecule has 0 spiro atoms. The average Bonchev–Trinajstić information content (AvgIpc) is 2.84. The monoisotopic (exact) mass is 482 g/mol. The lowest BCUT2D eigenvalue weighted by Crippen LogP contribution is -2.61. The molecule has 0 unspecified atom stereocenters. The number of piperazine rings is 1. The van der Waals surface area contributed by atoms with E-state index in [0.717, 1.165) is 12.1 Å². The van der Waals surface area contributed by atoms with Crippen molar-refractivity contribution in [3.63, 3.8) is 0 Å². The lowest BCUT2D eigenvalue weighted by molar-refractivity contribution is -0.149. The summed E-state index contributed by atoms with van der Waals surface area (Å²) in [5.41, 5.74) is 2.29. The number of carbonyl (C=O) groups is 2. The molecular formula is C28H38N2O5. The van der Waals surface area contributed by atoms with Crippen LogP contribution in [-0.2, 0) is 30.3 Å². The highest BCUT2D eigenvalue weighted by Gasteiger charge is 2.41. The number of rotatable bonds is 12. The van der Waals surface area contributed by atoms with E-state index in [4.69, 9.17) is 14.2 Å². The largest absolute Gasteiger partial charge is 0.466 e. The van der Waals surface area contributed by atoms with Gasteiger partial charge in [0, 0.05) is 38.8 Å². The van der Waals surface area contributed by atoms with Crippen molar-refractivity contribution in [1.29, 1.82) is 0 Å². The van der Waals surface area contributed by atoms with Gasteiger partial charge in [-0.05, 0) is 25.0 Å². The van der Waals surface area contributed by atoms with Crippen molar-refractivity contribution in [2.24, 2.45) is 0 Å². The molecule has 0 aliphatic carbocycles. The molecule has 0 amide bonds. The molecule has 1 aliphatic rings. The van der Waals surface area contributed by atoms with E-state index in [1.54, 1.807) is 7.11 Å². The summed E-state index contributed by atoms with van der Waals surface area (Å²) < 4.78 is 16.3. The van der Waals surface area contributed by atoms with Crippen LogP contribution in [0.2, 0.25) is 0 Å². The molecule has 3 atom stereocenters. The molecule has 0 bridgehead atoms. The second kappa shape index (κ2) is 14.0. The molecule has 0 N–H and O–H groups in total. The summed E-state index contributed by atoms with van der Waals surface area (Å²) in [7, 11) is 1.68. The molecule has 7 heteroatoms. The van der Waals surface area contributed by atoms with Crippen LogP contribution in [-0.4, -0.2) is 73.8 Å². The number of hydrogen-bond acceptors (Lipinski definition) is 7. The Balaban J connectivity index is 1.97. The molecule has 1 fully saturated rings. The molecule has 2 aromatic rings. The second-order valence-corrected chi connectivity index (χ2v) is 8.83. The molecule has 3 rings (SSSR count). The minimum atomic E-state index is -0.233. The second-order valence-electron chi connectivity index (χ2n) is 8.83. The van der Waals surface area contributed by atoms with Gasteiger partial charge in [-0.2, -0.15) is 0 Å². The number of methoxy groups -OCH3 is 1. The standard InChI is InChI=1S/C28H38N2O5/c1-4-34-27(31)16-24-19-29(18-22-12-8-6-9-13-22)20-25(17-28(32)35-5-2)30(24)26(21-33-3)23-14-10-7-11-15-23/h6-15,24-26H,4-5,16-21H2,1-3H3/t24-,25+,26-/m1/s1. The molecule has 190 valence electrons. The van der Waals surface area contributed by atoms with Gasteiger partial charge in [0.25, 0.3) is 0 Å². The highest BCUT2D eigenvalue weighted by Crippen LogP contribution is 2.33. The molecule has 1 heterocycles. The van der Waals surface area contributed by atoms with Crippen LogP contribution < -0.4 is 0 Å². The first kappa shape index (κ1) is 26.9. The molecule has 0 saturated carbocycles. The third-order valence-corrected chi connectivity index (χ3v) is 6.31. The van der Waals surface area contributed by atoms with E-state index in [0.29, 0.717) is 32.9 Å². The normalized spacial score (nSPS) is 19.7. The summed E-state index contributed by atoms with van der Waals surface area (Å²) in [6.07, 6.45) is 0.483. The van der Waals surface area contributed by atoms with E-state index in [1.807, 2.05) is 50.2 Å². The Labute approximate surface area is 209 Å². The van der Waals surface area contributed by atoms with Gasteiger partial charge in [0.15, 0.2) is 0 Å². The van der Waals surface area contributed by atoms with Gasteiger partial charge in [0.1, 0.15) is 0 Å². The van der Waals surface area contributed by atoms with Crippen LogP contribution in [0.25, 0.3) is 0 Å². The van der Waals surface area contributed by atoms with Crippen LogP contribution in [0.4, 0.5) is 0 Å². The zero-order chi connectivity index (χ0) is 25.0. The Bertz CT molecular complexity index is 878.